The summed E-state index contributed by atoms with van der Waals surface area (Å²) in [6, 6.07) is 5.35. The molecule has 0 saturated heterocycles. The fourth-order valence-electron chi connectivity index (χ4n) is 2.38. The summed E-state index contributed by atoms with van der Waals surface area (Å²) in [6.45, 7) is 4.79. The first-order valence-corrected chi connectivity index (χ1v) is 8.19. The molecule has 0 aliphatic carbocycles. The molecule has 0 spiro atoms. The number of nitrogens with one attached hydrogen (secondary N) is 2. The van der Waals surface area contributed by atoms with E-state index in [0.717, 1.165) is 13.0 Å². The van der Waals surface area contributed by atoms with E-state index in [-0.39, 0.29) is 24.6 Å². The van der Waals surface area contributed by atoms with Crippen molar-refractivity contribution in [2.45, 2.75) is 39.3 Å². The van der Waals surface area contributed by atoms with Crippen molar-refractivity contribution in [2.75, 3.05) is 11.9 Å². The van der Waals surface area contributed by atoms with E-state index in [1.54, 1.807) is 23.1 Å². The van der Waals surface area contributed by atoms with Gasteiger partial charge in [0.2, 0.25) is 0 Å². The number of anilines is 1. The topological polar surface area (TPSA) is 92.1 Å². The Kier molecular flexibility index (Phi) is 6.74. The van der Waals surface area contributed by atoms with E-state index in [1.807, 2.05) is 32.2 Å². The number of nitrogens with zero attached hydrogens (tertiary/aromatic N) is 3. The summed E-state index contributed by atoms with van der Waals surface area (Å²) in [7, 11) is 0. The number of carbonyl (C=O) groups excluding carboxylic acids is 1. The van der Waals surface area contributed by atoms with Gasteiger partial charge in [-0.2, -0.15) is 5.10 Å². The van der Waals surface area contributed by atoms with Gasteiger partial charge in [0.15, 0.2) is 5.82 Å². The van der Waals surface area contributed by atoms with Crippen molar-refractivity contribution in [3.63, 3.8) is 0 Å². The predicted molar refractivity (Wildman–Crippen MR) is 92.7 cm³/mol. The Morgan fingerprint density at radius 2 is 2.04 bits per heavy atom. The van der Waals surface area contributed by atoms with Crippen LogP contribution in [0.25, 0.3) is 0 Å². The van der Waals surface area contributed by atoms with Gasteiger partial charge in [-0.05, 0) is 36.5 Å². The molecule has 1 atom stereocenters. The van der Waals surface area contributed by atoms with E-state index in [2.05, 4.69) is 20.7 Å². The Bertz CT molecular complexity index is 627. The summed E-state index contributed by atoms with van der Waals surface area (Å²) in [5.41, 5.74) is 1.19. The fraction of sp³-hybridized carbons (Fsp3) is 0.471. The second-order valence-corrected chi connectivity index (χ2v) is 6.03. The number of aryl methyl sites for hydroxylation is 2. The lowest BCUT2D eigenvalue weighted by molar-refractivity contribution is 0.227. The Labute approximate surface area is 142 Å². The van der Waals surface area contributed by atoms with Gasteiger partial charge in [0.1, 0.15) is 0 Å². The Balaban J connectivity index is 1.83. The van der Waals surface area contributed by atoms with E-state index in [0.29, 0.717) is 12.2 Å². The van der Waals surface area contributed by atoms with E-state index in [9.17, 15) is 4.79 Å². The van der Waals surface area contributed by atoms with Crippen LogP contribution in [0.15, 0.2) is 36.8 Å². The Morgan fingerprint density at radius 1 is 1.29 bits per heavy atom. The molecule has 3 N–H and O–H groups in total. The minimum Gasteiger partial charge on any atom is -0.396 e. The monoisotopic (exact) mass is 331 g/mol. The average molecular weight is 331 g/mol. The number of aliphatic hydroxyl groups excluding tert-OH is 1. The first kappa shape index (κ1) is 17.9. The normalized spacial score (nSPS) is 12.2. The number of urea groups is 1. The highest BCUT2D eigenvalue weighted by molar-refractivity contribution is 5.88. The zero-order valence-corrected chi connectivity index (χ0v) is 14.1. The molecule has 0 saturated carbocycles. The summed E-state index contributed by atoms with van der Waals surface area (Å²) in [6.07, 6.45) is 6.76. The highest BCUT2D eigenvalue weighted by atomic mass is 16.3. The summed E-state index contributed by atoms with van der Waals surface area (Å²) in [4.78, 5) is 16.0. The quantitative estimate of drug-likeness (QED) is 0.690. The summed E-state index contributed by atoms with van der Waals surface area (Å²) in [5, 5.41) is 19.0. The number of hydrogen-bond donors (Lipinski definition) is 3. The van der Waals surface area contributed by atoms with Gasteiger partial charge in [-0.3, -0.25) is 15.0 Å². The highest BCUT2D eigenvalue weighted by Crippen LogP contribution is 2.08. The van der Waals surface area contributed by atoms with Crippen molar-refractivity contribution in [3.8, 4) is 0 Å². The molecular weight excluding hydrogens is 306 g/mol. The van der Waals surface area contributed by atoms with Crippen LogP contribution < -0.4 is 10.6 Å². The molecular formula is C17H25N5O2. The third-order valence-corrected chi connectivity index (χ3v) is 3.82. The van der Waals surface area contributed by atoms with Crippen LogP contribution in [0, 0.1) is 5.92 Å². The molecule has 2 rings (SSSR count). The van der Waals surface area contributed by atoms with Gasteiger partial charge < -0.3 is 10.4 Å². The second-order valence-electron chi connectivity index (χ2n) is 6.03. The van der Waals surface area contributed by atoms with Gasteiger partial charge in [-0.25, -0.2) is 4.79 Å². The van der Waals surface area contributed by atoms with Crippen LogP contribution in [-0.2, 0) is 13.0 Å². The molecule has 24 heavy (non-hydrogen) atoms. The fourth-order valence-corrected chi connectivity index (χ4v) is 2.38. The number of aliphatic hydroxyl groups is 1. The summed E-state index contributed by atoms with van der Waals surface area (Å²) >= 11 is 0. The first-order valence-electron chi connectivity index (χ1n) is 8.19. The van der Waals surface area contributed by atoms with Gasteiger partial charge in [0, 0.05) is 43.9 Å². The van der Waals surface area contributed by atoms with E-state index in [4.69, 9.17) is 5.11 Å². The lowest BCUT2D eigenvalue weighted by Gasteiger charge is -2.21. The smallest absolute Gasteiger partial charge is 0.320 e. The van der Waals surface area contributed by atoms with Crippen LogP contribution in [0.5, 0.6) is 0 Å². The summed E-state index contributed by atoms with van der Waals surface area (Å²) in [5.74, 6) is 0.759. The van der Waals surface area contributed by atoms with Gasteiger partial charge in [0.05, 0.1) is 0 Å². The van der Waals surface area contributed by atoms with Crippen molar-refractivity contribution < 1.29 is 9.90 Å². The van der Waals surface area contributed by atoms with Gasteiger partial charge >= 0.3 is 6.03 Å². The van der Waals surface area contributed by atoms with Crippen molar-refractivity contribution in [3.05, 3.63) is 42.4 Å². The standard InChI is InChI=1S/C17H25N5O2/c1-13(2)15(7-12-23)19-17(24)20-16-6-11-22(21-16)10-5-14-3-8-18-9-4-14/h3-4,6,8-9,11,13,15,23H,5,7,10,12H2,1-2H3,(H2,19,20,21,24). The molecule has 0 aromatic carbocycles. The SMILES string of the molecule is CC(C)C(CCO)NC(=O)Nc1ccn(CCc2ccncc2)n1. The first-order chi connectivity index (χ1) is 11.6. The predicted octanol–water partition coefficient (Wildman–Crippen LogP) is 2.05. The molecule has 0 aliphatic rings. The number of pyridine rings is 1. The molecule has 0 radical (unpaired) electrons. The van der Waals surface area contributed by atoms with Crippen LogP contribution in [0.1, 0.15) is 25.8 Å². The number of hydrogen-bond acceptors (Lipinski definition) is 4. The van der Waals surface area contributed by atoms with Crippen LogP contribution >= 0.6 is 0 Å². The van der Waals surface area contributed by atoms with Crippen LogP contribution in [0.4, 0.5) is 10.6 Å². The summed E-state index contributed by atoms with van der Waals surface area (Å²) < 4.78 is 1.80. The minimum atomic E-state index is -0.304. The average Bonchev–Trinajstić information content (AvgIpc) is 3.00. The lowest BCUT2D eigenvalue weighted by atomic mass is 10.0. The molecule has 1 unspecified atom stereocenters. The molecule has 7 heteroatoms. The molecule has 2 amide bonds. The molecule has 0 aliphatic heterocycles. The van der Waals surface area contributed by atoms with Gasteiger partial charge in [-0.1, -0.05) is 13.8 Å². The highest BCUT2D eigenvalue weighted by Gasteiger charge is 2.16. The molecule has 2 heterocycles. The molecule has 130 valence electrons. The van der Waals surface area contributed by atoms with Gasteiger partial charge in [-0.15, -0.1) is 0 Å². The van der Waals surface area contributed by atoms with E-state index in [1.165, 1.54) is 5.56 Å². The minimum absolute atomic E-state index is 0.0484. The van der Waals surface area contributed by atoms with E-state index < -0.39 is 0 Å². The Morgan fingerprint density at radius 3 is 2.71 bits per heavy atom. The third-order valence-electron chi connectivity index (χ3n) is 3.82. The van der Waals surface area contributed by atoms with E-state index >= 15 is 0 Å². The molecule has 0 bridgehead atoms. The van der Waals surface area contributed by atoms with Gasteiger partial charge in [0.25, 0.3) is 0 Å². The maximum atomic E-state index is 12.0. The molecule has 2 aromatic rings. The van der Waals surface area contributed by atoms with Crippen molar-refractivity contribution >= 4 is 11.8 Å². The Hall–Kier alpha value is -2.41. The zero-order chi connectivity index (χ0) is 17.4. The number of rotatable bonds is 8. The number of carbonyl (C=O) groups is 1. The third kappa shape index (κ3) is 5.66. The largest absolute Gasteiger partial charge is 0.396 e. The molecule has 0 fully saturated rings. The number of aromatic nitrogens is 3. The zero-order valence-electron chi connectivity index (χ0n) is 14.1. The maximum absolute atomic E-state index is 12.0. The van der Waals surface area contributed by atoms with Crippen molar-refractivity contribution in [2.24, 2.45) is 5.92 Å². The van der Waals surface area contributed by atoms with Crippen molar-refractivity contribution in [1.82, 2.24) is 20.1 Å². The molecule has 2 aromatic heterocycles. The number of amides is 2. The van der Waals surface area contributed by atoms with Crippen LogP contribution in [0.3, 0.4) is 0 Å². The lowest BCUT2D eigenvalue weighted by Crippen LogP contribution is -2.41. The van der Waals surface area contributed by atoms with Crippen LogP contribution in [-0.4, -0.2) is 38.6 Å². The second kappa shape index (κ2) is 9.02. The molecule has 7 nitrogen and oxygen atoms in total. The van der Waals surface area contributed by atoms with Crippen molar-refractivity contribution in [1.29, 1.82) is 0 Å². The van der Waals surface area contributed by atoms with Crippen LogP contribution in [0.2, 0.25) is 0 Å². The maximum Gasteiger partial charge on any atom is 0.320 e.